The molecule has 0 aliphatic carbocycles. The molecule has 24 heavy (non-hydrogen) atoms. The second-order valence-corrected chi connectivity index (χ2v) is 9.08. The summed E-state index contributed by atoms with van der Waals surface area (Å²) < 4.78 is 36.2. The largest absolute Gasteiger partial charge is 0.471 e. The molecule has 0 aromatic heterocycles. The van der Waals surface area contributed by atoms with Gasteiger partial charge in [-0.25, -0.2) is 8.42 Å². The van der Waals surface area contributed by atoms with Gasteiger partial charge in [0.05, 0.1) is 10.0 Å². The van der Waals surface area contributed by atoms with Gasteiger partial charge in [-0.2, -0.15) is 0 Å². The standard InChI is InChI=1S/C15H8Cl4O4S/c16-8-9(17)11(19)13-12(10(8)18)22-14-15(23-13,6-24(14,20)21)7-4-2-1-3-5-7/h1-5,14H,6H2. The quantitative estimate of drug-likeness (QED) is 0.489. The van der Waals surface area contributed by atoms with Crippen LogP contribution in [0.15, 0.2) is 30.3 Å². The first-order valence-corrected chi connectivity index (χ1v) is 9.99. The first kappa shape index (κ1) is 16.6. The zero-order chi connectivity index (χ0) is 17.3. The predicted molar refractivity (Wildman–Crippen MR) is 93.4 cm³/mol. The minimum absolute atomic E-state index is 0.0177. The summed E-state index contributed by atoms with van der Waals surface area (Å²) in [5.41, 5.74) is -1.77. The lowest BCUT2D eigenvalue weighted by Crippen LogP contribution is -2.67. The molecule has 0 bridgehead atoms. The molecule has 1 saturated heterocycles. The molecule has 4 nitrogen and oxygen atoms in total. The summed E-state index contributed by atoms with van der Waals surface area (Å²) in [5, 5.41) is -0.00640. The van der Waals surface area contributed by atoms with Gasteiger partial charge >= 0.3 is 0 Å². The van der Waals surface area contributed by atoms with Gasteiger partial charge in [0.15, 0.2) is 26.9 Å². The number of rotatable bonds is 1. The Hall–Kier alpha value is -0.850. The van der Waals surface area contributed by atoms with Crippen molar-refractivity contribution in [2.75, 3.05) is 5.75 Å². The van der Waals surface area contributed by atoms with E-state index >= 15 is 0 Å². The third kappa shape index (κ3) is 2.09. The van der Waals surface area contributed by atoms with Gasteiger partial charge in [-0.05, 0) is 0 Å². The van der Waals surface area contributed by atoms with Crippen LogP contribution in [0.1, 0.15) is 5.56 Å². The number of ether oxygens (including phenoxy) is 2. The fraction of sp³-hybridized carbons (Fsp3) is 0.200. The average molecular weight is 426 g/mol. The summed E-state index contributed by atoms with van der Waals surface area (Å²) in [5.74, 6) is -0.163. The van der Waals surface area contributed by atoms with E-state index in [0.29, 0.717) is 5.56 Å². The highest BCUT2D eigenvalue weighted by molar-refractivity contribution is 7.93. The Morgan fingerprint density at radius 2 is 1.50 bits per heavy atom. The van der Waals surface area contributed by atoms with E-state index in [2.05, 4.69) is 0 Å². The molecule has 2 heterocycles. The number of fused-ring (bicyclic) bond motifs is 2. The van der Waals surface area contributed by atoms with Crippen molar-refractivity contribution in [2.45, 2.75) is 11.0 Å². The van der Waals surface area contributed by atoms with Crippen molar-refractivity contribution in [3.05, 3.63) is 56.0 Å². The molecule has 2 unspecified atom stereocenters. The van der Waals surface area contributed by atoms with E-state index < -0.39 is 20.9 Å². The zero-order valence-corrected chi connectivity index (χ0v) is 15.6. The van der Waals surface area contributed by atoms with Crippen LogP contribution in [0, 0.1) is 0 Å². The van der Waals surface area contributed by atoms with E-state index in [-0.39, 0.29) is 37.3 Å². The molecular weight excluding hydrogens is 418 g/mol. The lowest BCUT2D eigenvalue weighted by atomic mass is 9.94. The van der Waals surface area contributed by atoms with Gasteiger partial charge in [0, 0.05) is 5.56 Å². The van der Waals surface area contributed by atoms with Crippen LogP contribution >= 0.6 is 46.4 Å². The molecule has 0 N–H and O–H groups in total. The molecule has 9 heteroatoms. The normalized spacial score (nSPS) is 26.4. The molecule has 1 fully saturated rings. The summed E-state index contributed by atoms with van der Waals surface area (Å²) >= 11 is 24.4. The van der Waals surface area contributed by atoms with Crippen molar-refractivity contribution in [2.24, 2.45) is 0 Å². The van der Waals surface area contributed by atoms with E-state index in [1.54, 1.807) is 24.3 Å². The lowest BCUT2D eigenvalue weighted by Gasteiger charge is -2.50. The molecule has 0 spiro atoms. The minimum Gasteiger partial charge on any atom is -0.471 e. The molecule has 0 amide bonds. The highest BCUT2D eigenvalue weighted by atomic mass is 35.5. The average Bonchev–Trinajstić information content (AvgIpc) is 2.57. The number of halogens is 4. The molecule has 0 radical (unpaired) electrons. The van der Waals surface area contributed by atoms with Gasteiger partial charge in [-0.15, -0.1) is 0 Å². The zero-order valence-electron chi connectivity index (χ0n) is 11.7. The first-order valence-electron chi connectivity index (χ1n) is 6.76. The number of sulfone groups is 1. The Kier molecular flexibility index (Phi) is 3.68. The fourth-order valence-electron chi connectivity index (χ4n) is 2.95. The number of hydrogen-bond acceptors (Lipinski definition) is 4. The highest BCUT2D eigenvalue weighted by Gasteiger charge is 2.67. The Morgan fingerprint density at radius 1 is 0.917 bits per heavy atom. The maximum Gasteiger partial charge on any atom is 0.243 e. The number of benzene rings is 2. The van der Waals surface area contributed by atoms with Crippen LogP contribution in [0.4, 0.5) is 0 Å². The topological polar surface area (TPSA) is 52.6 Å². The smallest absolute Gasteiger partial charge is 0.243 e. The van der Waals surface area contributed by atoms with Crippen LogP contribution in [0.2, 0.25) is 20.1 Å². The van der Waals surface area contributed by atoms with E-state index in [1.807, 2.05) is 6.07 Å². The Bertz CT molecular complexity index is 961. The SMILES string of the molecule is O=S1(=O)CC2(c3ccccc3)Oc3c(Cl)c(Cl)c(Cl)c(Cl)c3OC21. The molecule has 126 valence electrons. The van der Waals surface area contributed by atoms with Crippen molar-refractivity contribution in [1.82, 2.24) is 0 Å². The van der Waals surface area contributed by atoms with Gasteiger partial charge in [0.2, 0.25) is 5.44 Å². The summed E-state index contributed by atoms with van der Waals surface area (Å²) in [6, 6.07) is 8.93. The van der Waals surface area contributed by atoms with Crippen molar-refractivity contribution >= 4 is 56.2 Å². The third-order valence-electron chi connectivity index (χ3n) is 4.08. The molecular formula is C15H8Cl4O4S. The van der Waals surface area contributed by atoms with Crippen molar-refractivity contribution < 1.29 is 17.9 Å². The summed E-state index contributed by atoms with van der Waals surface area (Å²) in [6.45, 7) is 0. The van der Waals surface area contributed by atoms with E-state index in [9.17, 15) is 8.42 Å². The first-order chi connectivity index (χ1) is 11.3. The predicted octanol–water partition coefficient (Wildman–Crippen LogP) is 4.72. The van der Waals surface area contributed by atoms with Gasteiger partial charge in [-0.1, -0.05) is 76.7 Å². The maximum absolute atomic E-state index is 12.2. The Labute approximate surface area is 158 Å². The second-order valence-electron chi connectivity index (χ2n) is 5.53. The molecule has 2 aromatic rings. The van der Waals surface area contributed by atoms with E-state index in [4.69, 9.17) is 55.9 Å². The second kappa shape index (κ2) is 5.32. The number of hydrogen-bond donors (Lipinski definition) is 0. The molecule has 4 rings (SSSR count). The molecule has 2 aliphatic rings. The monoisotopic (exact) mass is 424 g/mol. The van der Waals surface area contributed by atoms with E-state index in [0.717, 1.165) is 0 Å². The maximum atomic E-state index is 12.2. The molecule has 0 saturated carbocycles. The van der Waals surface area contributed by atoms with Crippen LogP contribution in [0.5, 0.6) is 11.5 Å². The van der Waals surface area contributed by atoms with E-state index in [1.165, 1.54) is 0 Å². The molecule has 2 aromatic carbocycles. The lowest BCUT2D eigenvalue weighted by molar-refractivity contribution is -0.0385. The summed E-state index contributed by atoms with van der Waals surface area (Å²) in [7, 11) is -3.51. The van der Waals surface area contributed by atoms with Gasteiger partial charge < -0.3 is 9.47 Å². The highest BCUT2D eigenvalue weighted by Crippen LogP contribution is 2.59. The van der Waals surface area contributed by atoms with Crippen LogP contribution in [0.3, 0.4) is 0 Å². The van der Waals surface area contributed by atoms with Gasteiger partial charge in [0.1, 0.15) is 15.8 Å². The molecule has 2 atom stereocenters. The van der Waals surface area contributed by atoms with Crippen molar-refractivity contribution in [3.8, 4) is 11.5 Å². The Balaban J connectivity index is 1.95. The fourth-order valence-corrected chi connectivity index (χ4v) is 5.78. The molecule has 2 aliphatic heterocycles. The van der Waals surface area contributed by atoms with Crippen LogP contribution < -0.4 is 9.47 Å². The summed E-state index contributed by atoms with van der Waals surface area (Å²) in [6.07, 6.45) is 0. The van der Waals surface area contributed by atoms with Crippen LogP contribution in [-0.4, -0.2) is 19.6 Å². The van der Waals surface area contributed by atoms with Crippen molar-refractivity contribution in [1.29, 1.82) is 0 Å². The van der Waals surface area contributed by atoms with Crippen molar-refractivity contribution in [3.63, 3.8) is 0 Å². The van der Waals surface area contributed by atoms with Crippen LogP contribution in [0.25, 0.3) is 0 Å². The van der Waals surface area contributed by atoms with Gasteiger partial charge in [0.25, 0.3) is 0 Å². The third-order valence-corrected chi connectivity index (χ3v) is 7.80. The van der Waals surface area contributed by atoms with Gasteiger partial charge in [-0.3, -0.25) is 0 Å². The summed E-state index contributed by atoms with van der Waals surface area (Å²) in [4.78, 5) is 0. The van der Waals surface area contributed by atoms with Crippen LogP contribution in [-0.2, 0) is 15.4 Å². The minimum atomic E-state index is -3.51. The Morgan fingerprint density at radius 3 is 2.08 bits per heavy atom.